The lowest BCUT2D eigenvalue weighted by Crippen LogP contribution is -2.39. The third kappa shape index (κ3) is 5.42. The molecule has 0 aliphatic carbocycles. The summed E-state index contributed by atoms with van der Waals surface area (Å²) in [5, 5.41) is 7.48. The van der Waals surface area contributed by atoms with Gasteiger partial charge in [0.25, 0.3) is 11.5 Å². The number of amides is 1. The van der Waals surface area contributed by atoms with E-state index < -0.39 is 23.6 Å². The Hall–Kier alpha value is -3.26. The highest BCUT2D eigenvalue weighted by Gasteiger charge is 2.16. The summed E-state index contributed by atoms with van der Waals surface area (Å²) in [6, 6.07) is 12.8. The molecule has 9 heteroatoms. The van der Waals surface area contributed by atoms with Crippen LogP contribution in [0.5, 0.6) is 5.75 Å². The largest absolute Gasteiger partial charge is 0.478 e. The summed E-state index contributed by atoms with van der Waals surface area (Å²) in [6.45, 7) is 1.67. The Bertz CT molecular complexity index is 1100. The van der Waals surface area contributed by atoms with Crippen LogP contribution in [0.1, 0.15) is 6.92 Å². The Morgan fingerprint density at radius 1 is 1.17 bits per heavy atom. The van der Waals surface area contributed by atoms with Crippen molar-refractivity contribution in [1.82, 2.24) is 15.1 Å². The van der Waals surface area contributed by atoms with Crippen molar-refractivity contribution in [2.24, 2.45) is 0 Å². The first-order valence-corrected chi connectivity index (χ1v) is 9.45. The van der Waals surface area contributed by atoms with Gasteiger partial charge in [-0.05, 0) is 37.3 Å². The molecule has 0 aliphatic rings. The van der Waals surface area contributed by atoms with Crippen molar-refractivity contribution in [2.75, 3.05) is 6.54 Å². The van der Waals surface area contributed by atoms with Crippen molar-refractivity contribution in [3.63, 3.8) is 0 Å². The van der Waals surface area contributed by atoms with Crippen LogP contribution < -0.4 is 15.6 Å². The predicted molar refractivity (Wildman–Crippen MR) is 108 cm³/mol. The molecular formula is C21H18ClF2N3O3. The van der Waals surface area contributed by atoms with E-state index in [0.717, 1.165) is 17.7 Å². The van der Waals surface area contributed by atoms with E-state index in [9.17, 15) is 18.4 Å². The zero-order valence-corrected chi connectivity index (χ0v) is 16.7. The van der Waals surface area contributed by atoms with E-state index in [1.807, 2.05) is 0 Å². The first-order chi connectivity index (χ1) is 14.3. The normalized spacial score (nSPS) is 11.7. The van der Waals surface area contributed by atoms with Crippen LogP contribution in [0.2, 0.25) is 5.02 Å². The Labute approximate surface area is 176 Å². The van der Waals surface area contributed by atoms with Gasteiger partial charge in [0, 0.05) is 29.3 Å². The van der Waals surface area contributed by atoms with Gasteiger partial charge in [-0.3, -0.25) is 9.59 Å². The number of halogens is 3. The molecule has 3 rings (SSSR count). The van der Waals surface area contributed by atoms with Gasteiger partial charge in [-0.1, -0.05) is 23.7 Å². The molecule has 3 aromatic rings. The standard InChI is InChI=1S/C21H18ClF2N3O3/c1-13(30-19-8-6-16(23)12-17(19)24)21(29)25-10-11-27-20(28)9-7-18(26-27)14-2-4-15(22)5-3-14/h2-9,12-13H,10-11H2,1H3,(H,25,29). The average Bonchev–Trinajstić information content (AvgIpc) is 2.72. The molecule has 1 aromatic heterocycles. The lowest BCUT2D eigenvalue weighted by molar-refractivity contribution is -0.127. The van der Waals surface area contributed by atoms with Gasteiger partial charge in [-0.15, -0.1) is 0 Å². The van der Waals surface area contributed by atoms with E-state index in [1.165, 1.54) is 17.7 Å². The summed E-state index contributed by atoms with van der Waals surface area (Å²) in [6.07, 6.45) is -1.02. The highest BCUT2D eigenvalue weighted by atomic mass is 35.5. The average molecular weight is 434 g/mol. The first-order valence-electron chi connectivity index (χ1n) is 9.07. The number of rotatable bonds is 7. The Morgan fingerprint density at radius 3 is 2.60 bits per heavy atom. The van der Waals surface area contributed by atoms with Crippen LogP contribution in [0.4, 0.5) is 8.78 Å². The van der Waals surface area contributed by atoms with Gasteiger partial charge < -0.3 is 10.1 Å². The molecular weight excluding hydrogens is 416 g/mol. The summed E-state index contributed by atoms with van der Waals surface area (Å²) in [4.78, 5) is 24.2. The number of benzene rings is 2. The minimum Gasteiger partial charge on any atom is -0.478 e. The van der Waals surface area contributed by atoms with Crippen LogP contribution in [0.15, 0.2) is 59.4 Å². The molecule has 156 valence electrons. The molecule has 0 spiro atoms. The topological polar surface area (TPSA) is 73.2 Å². The van der Waals surface area contributed by atoms with Crippen LogP contribution in [-0.2, 0) is 11.3 Å². The van der Waals surface area contributed by atoms with Crippen molar-refractivity contribution in [1.29, 1.82) is 0 Å². The number of ether oxygens (including phenoxy) is 1. The Balaban J connectivity index is 1.59. The summed E-state index contributed by atoms with van der Waals surface area (Å²) >= 11 is 5.88. The molecule has 0 saturated carbocycles. The van der Waals surface area contributed by atoms with Crippen molar-refractivity contribution >= 4 is 17.5 Å². The van der Waals surface area contributed by atoms with Gasteiger partial charge in [0.1, 0.15) is 5.82 Å². The molecule has 0 saturated heterocycles. The molecule has 30 heavy (non-hydrogen) atoms. The van der Waals surface area contributed by atoms with Crippen molar-refractivity contribution in [3.05, 3.63) is 81.6 Å². The minimum absolute atomic E-state index is 0.107. The minimum atomic E-state index is -1.02. The molecule has 0 aliphatic heterocycles. The van der Waals surface area contributed by atoms with E-state index in [4.69, 9.17) is 16.3 Å². The van der Waals surface area contributed by atoms with E-state index in [0.29, 0.717) is 16.8 Å². The number of aromatic nitrogens is 2. The van der Waals surface area contributed by atoms with Crippen LogP contribution in [0.25, 0.3) is 11.3 Å². The molecule has 1 heterocycles. The lowest BCUT2D eigenvalue weighted by Gasteiger charge is -2.15. The second-order valence-corrected chi connectivity index (χ2v) is 6.85. The third-order valence-corrected chi connectivity index (χ3v) is 4.45. The first kappa shape index (κ1) is 21.4. The molecule has 0 bridgehead atoms. The monoisotopic (exact) mass is 433 g/mol. The van der Waals surface area contributed by atoms with Crippen LogP contribution >= 0.6 is 11.6 Å². The molecule has 1 unspecified atom stereocenters. The van der Waals surface area contributed by atoms with Crippen LogP contribution in [0.3, 0.4) is 0 Å². The number of nitrogens with zero attached hydrogens (tertiary/aromatic N) is 2. The van der Waals surface area contributed by atoms with Gasteiger partial charge in [-0.2, -0.15) is 5.10 Å². The SMILES string of the molecule is CC(Oc1ccc(F)cc1F)C(=O)NCCn1nc(-c2ccc(Cl)cc2)ccc1=O. The van der Waals surface area contributed by atoms with Crippen molar-refractivity contribution in [3.8, 4) is 17.0 Å². The molecule has 0 fully saturated rings. The summed E-state index contributed by atoms with van der Waals surface area (Å²) in [5.41, 5.74) is 1.06. The van der Waals surface area contributed by atoms with Gasteiger partial charge in [0.05, 0.1) is 12.2 Å². The zero-order valence-electron chi connectivity index (χ0n) is 15.9. The van der Waals surface area contributed by atoms with Gasteiger partial charge >= 0.3 is 0 Å². The van der Waals surface area contributed by atoms with Gasteiger partial charge in [0.15, 0.2) is 17.7 Å². The van der Waals surface area contributed by atoms with Crippen LogP contribution in [0, 0.1) is 11.6 Å². The zero-order chi connectivity index (χ0) is 21.7. The summed E-state index contributed by atoms with van der Waals surface area (Å²) in [7, 11) is 0. The Kier molecular flexibility index (Phi) is 6.79. The fourth-order valence-corrected chi connectivity index (χ4v) is 2.75. The van der Waals surface area contributed by atoms with Gasteiger partial charge in [0.2, 0.25) is 0 Å². The summed E-state index contributed by atoms with van der Waals surface area (Å²) < 4.78 is 33.0. The maximum absolute atomic E-state index is 13.6. The lowest BCUT2D eigenvalue weighted by atomic mass is 10.1. The summed E-state index contributed by atoms with van der Waals surface area (Å²) in [5.74, 6) is -2.38. The van der Waals surface area contributed by atoms with E-state index >= 15 is 0 Å². The number of nitrogens with one attached hydrogen (secondary N) is 1. The Morgan fingerprint density at radius 2 is 1.90 bits per heavy atom. The number of hydrogen-bond acceptors (Lipinski definition) is 4. The predicted octanol–water partition coefficient (Wildman–Crippen LogP) is 3.43. The van der Waals surface area contributed by atoms with Crippen molar-refractivity contribution in [2.45, 2.75) is 19.6 Å². The molecule has 1 atom stereocenters. The quantitative estimate of drug-likeness (QED) is 0.619. The molecule has 6 nitrogen and oxygen atoms in total. The van der Waals surface area contributed by atoms with Gasteiger partial charge in [-0.25, -0.2) is 13.5 Å². The maximum atomic E-state index is 13.6. The molecule has 1 amide bonds. The number of hydrogen-bond donors (Lipinski definition) is 1. The van der Waals surface area contributed by atoms with E-state index in [1.54, 1.807) is 30.3 Å². The van der Waals surface area contributed by atoms with Crippen LogP contribution in [-0.4, -0.2) is 28.3 Å². The fraction of sp³-hybridized carbons (Fsp3) is 0.190. The molecule has 2 aromatic carbocycles. The number of carbonyl (C=O) groups is 1. The highest BCUT2D eigenvalue weighted by Crippen LogP contribution is 2.19. The maximum Gasteiger partial charge on any atom is 0.266 e. The van der Waals surface area contributed by atoms with E-state index in [-0.39, 0.29) is 24.4 Å². The molecule has 0 radical (unpaired) electrons. The van der Waals surface area contributed by atoms with E-state index in [2.05, 4.69) is 10.4 Å². The second kappa shape index (κ2) is 9.49. The second-order valence-electron chi connectivity index (χ2n) is 6.41. The number of carbonyl (C=O) groups excluding carboxylic acids is 1. The highest BCUT2D eigenvalue weighted by molar-refractivity contribution is 6.30. The smallest absolute Gasteiger partial charge is 0.266 e. The molecule has 1 N–H and O–H groups in total. The van der Waals surface area contributed by atoms with Crippen molar-refractivity contribution < 1.29 is 18.3 Å². The third-order valence-electron chi connectivity index (χ3n) is 4.20. The fourth-order valence-electron chi connectivity index (χ4n) is 2.63.